The summed E-state index contributed by atoms with van der Waals surface area (Å²) in [7, 11) is 1.76. The maximum atomic E-state index is 5.16. The molecule has 17 heavy (non-hydrogen) atoms. The quantitative estimate of drug-likeness (QED) is 0.822. The van der Waals surface area contributed by atoms with Gasteiger partial charge in [-0.2, -0.15) is 0 Å². The molecule has 0 spiro atoms. The smallest absolute Gasteiger partial charge is 0.147 e. The van der Waals surface area contributed by atoms with Crippen LogP contribution in [0.3, 0.4) is 0 Å². The molecular weight excluding hydrogens is 214 g/mol. The number of nitrogens with one attached hydrogen (secondary N) is 1. The molecule has 1 aliphatic carbocycles. The molecule has 1 fully saturated rings. The lowest BCUT2D eigenvalue weighted by Crippen LogP contribution is -2.18. The Bertz CT molecular complexity index is 388. The van der Waals surface area contributed by atoms with Gasteiger partial charge in [-0.15, -0.1) is 0 Å². The molecule has 0 amide bonds. The van der Waals surface area contributed by atoms with Crippen LogP contribution in [0, 0.1) is 19.3 Å². The number of methoxy groups -OCH3 is 1. The molecule has 0 saturated heterocycles. The van der Waals surface area contributed by atoms with Gasteiger partial charge in [0.2, 0.25) is 0 Å². The maximum absolute atomic E-state index is 5.16. The molecule has 2 rings (SSSR count). The lowest BCUT2D eigenvalue weighted by molar-refractivity contribution is 0.175. The molecule has 1 saturated carbocycles. The van der Waals surface area contributed by atoms with Crippen LogP contribution in [0.1, 0.15) is 30.7 Å². The molecule has 1 aliphatic rings. The molecule has 94 valence electrons. The molecule has 0 atom stereocenters. The van der Waals surface area contributed by atoms with Gasteiger partial charge in [0.25, 0.3) is 0 Å². The standard InChI is InChI=1S/C13H21N3O/c1-10-8-14-11(2)12(16-10)15-9-13(4-5-13)6-7-17-3/h8H,4-7,9H2,1-3H3,(H,15,16). The zero-order valence-corrected chi connectivity index (χ0v) is 10.9. The van der Waals surface area contributed by atoms with Crippen molar-refractivity contribution in [2.24, 2.45) is 5.41 Å². The SMILES string of the molecule is COCCC1(CNc2nc(C)cnc2C)CC1. The first-order valence-corrected chi connectivity index (χ1v) is 6.18. The highest BCUT2D eigenvalue weighted by molar-refractivity contribution is 5.40. The second-order valence-electron chi connectivity index (χ2n) is 5.04. The summed E-state index contributed by atoms with van der Waals surface area (Å²) in [6.45, 7) is 5.79. The van der Waals surface area contributed by atoms with Crippen molar-refractivity contribution >= 4 is 5.82 Å². The van der Waals surface area contributed by atoms with E-state index in [1.165, 1.54) is 12.8 Å². The second-order valence-corrected chi connectivity index (χ2v) is 5.04. The summed E-state index contributed by atoms with van der Waals surface area (Å²) in [6, 6.07) is 0. The molecule has 0 bridgehead atoms. The van der Waals surface area contributed by atoms with Crippen LogP contribution < -0.4 is 5.32 Å². The van der Waals surface area contributed by atoms with Crippen LogP contribution in [0.4, 0.5) is 5.82 Å². The highest BCUT2D eigenvalue weighted by Crippen LogP contribution is 2.48. The van der Waals surface area contributed by atoms with Crippen molar-refractivity contribution in [3.8, 4) is 0 Å². The highest BCUT2D eigenvalue weighted by Gasteiger charge is 2.41. The summed E-state index contributed by atoms with van der Waals surface area (Å²) in [5.41, 5.74) is 2.37. The van der Waals surface area contributed by atoms with Gasteiger partial charge in [0, 0.05) is 26.5 Å². The molecule has 4 heteroatoms. The number of anilines is 1. The van der Waals surface area contributed by atoms with Crippen molar-refractivity contribution in [2.45, 2.75) is 33.1 Å². The minimum atomic E-state index is 0.438. The normalized spacial score (nSPS) is 16.9. The van der Waals surface area contributed by atoms with Gasteiger partial charge in [-0.25, -0.2) is 4.98 Å². The van der Waals surface area contributed by atoms with Crippen LogP contribution in [0.2, 0.25) is 0 Å². The monoisotopic (exact) mass is 235 g/mol. The Kier molecular flexibility index (Phi) is 3.62. The molecule has 1 heterocycles. The van der Waals surface area contributed by atoms with Gasteiger partial charge in [0.1, 0.15) is 5.82 Å². The van der Waals surface area contributed by atoms with Gasteiger partial charge >= 0.3 is 0 Å². The molecule has 1 aromatic rings. The number of hydrogen-bond donors (Lipinski definition) is 1. The van der Waals surface area contributed by atoms with E-state index in [1.807, 2.05) is 13.8 Å². The van der Waals surface area contributed by atoms with Crippen LogP contribution in [0.15, 0.2) is 6.20 Å². The van der Waals surface area contributed by atoms with Crippen molar-refractivity contribution in [3.05, 3.63) is 17.6 Å². The van der Waals surface area contributed by atoms with E-state index in [9.17, 15) is 0 Å². The lowest BCUT2D eigenvalue weighted by Gasteiger charge is -2.16. The average molecular weight is 235 g/mol. The first-order valence-electron chi connectivity index (χ1n) is 6.18. The zero-order valence-electron chi connectivity index (χ0n) is 10.9. The Balaban J connectivity index is 1.91. The first kappa shape index (κ1) is 12.3. The molecule has 1 N–H and O–H groups in total. The molecule has 0 radical (unpaired) electrons. The number of aromatic nitrogens is 2. The summed E-state index contributed by atoms with van der Waals surface area (Å²) in [4.78, 5) is 8.79. The highest BCUT2D eigenvalue weighted by atomic mass is 16.5. The maximum Gasteiger partial charge on any atom is 0.147 e. The van der Waals surface area contributed by atoms with E-state index in [-0.39, 0.29) is 0 Å². The van der Waals surface area contributed by atoms with Crippen LogP contribution in [-0.4, -0.2) is 30.2 Å². The van der Waals surface area contributed by atoms with Gasteiger partial charge < -0.3 is 10.1 Å². The van der Waals surface area contributed by atoms with Gasteiger partial charge in [-0.1, -0.05) is 0 Å². The van der Waals surface area contributed by atoms with Gasteiger partial charge in [-0.3, -0.25) is 4.98 Å². The third kappa shape index (κ3) is 3.16. The third-order valence-corrected chi connectivity index (χ3v) is 3.50. The van der Waals surface area contributed by atoms with Crippen molar-refractivity contribution in [2.75, 3.05) is 25.6 Å². The van der Waals surface area contributed by atoms with E-state index in [0.717, 1.165) is 36.8 Å². The average Bonchev–Trinajstić information content (AvgIpc) is 3.09. The molecular formula is C13H21N3O. The number of nitrogens with zero attached hydrogens (tertiary/aromatic N) is 2. The van der Waals surface area contributed by atoms with Gasteiger partial charge in [-0.05, 0) is 38.5 Å². The summed E-state index contributed by atoms with van der Waals surface area (Å²) >= 11 is 0. The predicted octanol–water partition coefficient (Wildman–Crippen LogP) is 2.32. The van der Waals surface area contributed by atoms with Crippen molar-refractivity contribution in [1.29, 1.82) is 0 Å². The molecule has 4 nitrogen and oxygen atoms in total. The minimum absolute atomic E-state index is 0.438. The Morgan fingerprint density at radius 2 is 2.18 bits per heavy atom. The fourth-order valence-electron chi connectivity index (χ4n) is 1.99. The predicted molar refractivity (Wildman–Crippen MR) is 68.2 cm³/mol. The fourth-order valence-corrected chi connectivity index (χ4v) is 1.99. The van der Waals surface area contributed by atoms with Crippen molar-refractivity contribution in [3.63, 3.8) is 0 Å². The van der Waals surface area contributed by atoms with Crippen LogP contribution in [0.5, 0.6) is 0 Å². The number of aryl methyl sites for hydroxylation is 2. The number of rotatable bonds is 6. The topological polar surface area (TPSA) is 47.0 Å². The molecule has 1 aromatic heterocycles. The second kappa shape index (κ2) is 5.00. The van der Waals surface area contributed by atoms with Crippen LogP contribution in [-0.2, 0) is 4.74 Å². The third-order valence-electron chi connectivity index (χ3n) is 3.50. The first-order chi connectivity index (χ1) is 8.15. The van der Waals surface area contributed by atoms with E-state index in [4.69, 9.17) is 4.74 Å². The Morgan fingerprint density at radius 3 is 2.82 bits per heavy atom. The largest absolute Gasteiger partial charge is 0.385 e. The van der Waals surface area contributed by atoms with E-state index < -0.39 is 0 Å². The summed E-state index contributed by atoms with van der Waals surface area (Å²) in [5.74, 6) is 0.925. The van der Waals surface area contributed by atoms with Crippen molar-refractivity contribution < 1.29 is 4.74 Å². The number of hydrogen-bond acceptors (Lipinski definition) is 4. The van der Waals surface area contributed by atoms with E-state index in [0.29, 0.717) is 5.41 Å². The summed E-state index contributed by atoms with van der Waals surface area (Å²) < 4.78 is 5.16. The van der Waals surface area contributed by atoms with Gasteiger partial charge in [0.15, 0.2) is 0 Å². The lowest BCUT2D eigenvalue weighted by atomic mass is 10.0. The summed E-state index contributed by atoms with van der Waals surface area (Å²) in [6.07, 6.45) is 5.52. The van der Waals surface area contributed by atoms with Crippen LogP contribution >= 0.6 is 0 Å². The van der Waals surface area contributed by atoms with E-state index >= 15 is 0 Å². The van der Waals surface area contributed by atoms with E-state index in [2.05, 4.69) is 15.3 Å². The Hall–Kier alpha value is -1.16. The fraction of sp³-hybridized carbons (Fsp3) is 0.692. The Morgan fingerprint density at radius 1 is 1.41 bits per heavy atom. The Labute approximate surface area is 103 Å². The van der Waals surface area contributed by atoms with Gasteiger partial charge in [0.05, 0.1) is 11.4 Å². The zero-order chi connectivity index (χ0) is 12.3. The molecule has 0 aromatic carbocycles. The minimum Gasteiger partial charge on any atom is -0.385 e. The molecule has 0 unspecified atom stereocenters. The molecule has 0 aliphatic heterocycles. The van der Waals surface area contributed by atoms with Crippen molar-refractivity contribution in [1.82, 2.24) is 9.97 Å². The summed E-state index contributed by atoms with van der Waals surface area (Å²) in [5, 5.41) is 3.44. The van der Waals surface area contributed by atoms with E-state index in [1.54, 1.807) is 13.3 Å². The van der Waals surface area contributed by atoms with Crippen LogP contribution in [0.25, 0.3) is 0 Å². The number of ether oxygens (including phenoxy) is 1.